The molecule has 3 rings (SSSR count). The van der Waals surface area contributed by atoms with Gasteiger partial charge in [0, 0.05) is 42.9 Å². The quantitative estimate of drug-likeness (QED) is 0.725. The van der Waals surface area contributed by atoms with Crippen LogP contribution in [0.15, 0.2) is 30.5 Å². The lowest BCUT2D eigenvalue weighted by molar-refractivity contribution is 0.122. The van der Waals surface area contributed by atoms with Crippen LogP contribution in [0.2, 0.25) is 0 Å². The second-order valence-corrected chi connectivity index (χ2v) is 4.27. The molecule has 0 amide bonds. The number of hydrogen-bond acceptors (Lipinski definition) is 2. The van der Waals surface area contributed by atoms with Crippen molar-refractivity contribution in [3.8, 4) is 0 Å². The van der Waals surface area contributed by atoms with Gasteiger partial charge in [0.2, 0.25) is 0 Å². The van der Waals surface area contributed by atoms with Crippen molar-refractivity contribution in [2.24, 2.45) is 7.05 Å². The molecule has 0 spiro atoms. The summed E-state index contributed by atoms with van der Waals surface area (Å²) < 4.78 is 7.52. The SMILES string of the molecule is Cn1ccc2cc(N3CCOCC3)ccc21. The van der Waals surface area contributed by atoms with E-state index in [2.05, 4.69) is 47.0 Å². The first-order valence-corrected chi connectivity index (χ1v) is 5.72. The van der Waals surface area contributed by atoms with E-state index >= 15 is 0 Å². The number of anilines is 1. The summed E-state index contributed by atoms with van der Waals surface area (Å²) in [4.78, 5) is 2.38. The zero-order chi connectivity index (χ0) is 11.0. The Morgan fingerprint density at radius 2 is 1.94 bits per heavy atom. The average molecular weight is 216 g/mol. The summed E-state index contributed by atoms with van der Waals surface area (Å²) in [7, 11) is 2.08. The minimum Gasteiger partial charge on any atom is -0.378 e. The molecule has 0 bridgehead atoms. The maximum atomic E-state index is 5.37. The maximum Gasteiger partial charge on any atom is 0.0642 e. The molecule has 1 saturated heterocycles. The molecule has 1 aromatic carbocycles. The van der Waals surface area contributed by atoms with E-state index in [0.717, 1.165) is 26.3 Å². The van der Waals surface area contributed by atoms with Crippen LogP contribution in [0, 0.1) is 0 Å². The summed E-state index contributed by atoms with van der Waals surface area (Å²) in [6, 6.07) is 8.83. The first kappa shape index (κ1) is 9.73. The van der Waals surface area contributed by atoms with Gasteiger partial charge in [0.1, 0.15) is 0 Å². The van der Waals surface area contributed by atoms with Gasteiger partial charge in [-0.15, -0.1) is 0 Å². The largest absolute Gasteiger partial charge is 0.378 e. The van der Waals surface area contributed by atoms with E-state index in [0.29, 0.717) is 0 Å². The Balaban J connectivity index is 1.97. The summed E-state index contributed by atoms with van der Waals surface area (Å²) in [6.45, 7) is 3.68. The number of aromatic nitrogens is 1. The van der Waals surface area contributed by atoms with Crippen molar-refractivity contribution in [2.45, 2.75) is 0 Å². The lowest BCUT2D eigenvalue weighted by Crippen LogP contribution is -2.36. The summed E-state index contributed by atoms with van der Waals surface area (Å²) in [5, 5.41) is 1.31. The summed E-state index contributed by atoms with van der Waals surface area (Å²) in [5.41, 5.74) is 2.60. The van der Waals surface area contributed by atoms with Crippen LogP contribution < -0.4 is 4.90 Å². The fraction of sp³-hybridized carbons (Fsp3) is 0.385. The zero-order valence-corrected chi connectivity index (χ0v) is 9.52. The molecule has 0 unspecified atom stereocenters. The Hall–Kier alpha value is -1.48. The second-order valence-electron chi connectivity index (χ2n) is 4.27. The molecule has 3 nitrogen and oxygen atoms in total. The predicted octanol–water partition coefficient (Wildman–Crippen LogP) is 2.01. The molecular weight excluding hydrogens is 200 g/mol. The monoisotopic (exact) mass is 216 g/mol. The highest BCUT2D eigenvalue weighted by molar-refractivity contribution is 5.83. The number of morpholine rings is 1. The molecule has 2 heterocycles. The summed E-state index contributed by atoms with van der Waals surface area (Å²) in [6.07, 6.45) is 2.10. The van der Waals surface area contributed by atoms with E-state index in [-0.39, 0.29) is 0 Å². The highest BCUT2D eigenvalue weighted by Crippen LogP contribution is 2.23. The standard InChI is InChI=1S/C13H16N2O/c1-14-5-4-11-10-12(2-3-13(11)14)15-6-8-16-9-7-15/h2-5,10H,6-9H2,1H3. The molecule has 0 saturated carbocycles. The minimum atomic E-state index is 0.840. The highest BCUT2D eigenvalue weighted by Gasteiger charge is 2.11. The van der Waals surface area contributed by atoms with E-state index in [1.165, 1.54) is 16.6 Å². The molecule has 0 radical (unpaired) electrons. The molecule has 0 aliphatic carbocycles. The Morgan fingerprint density at radius 3 is 2.75 bits per heavy atom. The van der Waals surface area contributed by atoms with Crippen LogP contribution in [0.3, 0.4) is 0 Å². The van der Waals surface area contributed by atoms with Gasteiger partial charge in [0.05, 0.1) is 13.2 Å². The van der Waals surface area contributed by atoms with E-state index in [4.69, 9.17) is 4.74 Å². The Labute approximate surface area is 95.2 Å². The normalized spacial score (nSPS) is 16.9. The van der Waals surface area contributed by atoms with Crippen molar-refractivity contribution in [1.29, 1.82) is 0 Å². The molecule has 0 atom stereocenters. The van der Waals surface area contributed by atoms with Crippen molar-refractivity contribution < 1.29 is 4.74 Å². The van der Waals surface area contributed by atoms with Gasteiger partial charge < -0.3 is 14.2 Å². The van der Waals surface area contributed by atoms with Crippen molar-refractivity contribution in [2.75, 3.05) is 31.2 Å². The van der Waals surface area contributed by atoms with Crippen LogP contribution in [-0.4, -0.2) is 30.9 Å². The van der Waals surface area contributed by atoms with Crippen molar-refractivity contribution in [3.63, 3.8) is 0 Å². The predicted molar refractivity (Wildman–Crippen MR) is 66.0 cm³/mol. The molecule has 2 aromatic rings. The van der Waals surface area contributed by atoms with Gasteiger partial charge in [0.25, 0.3) is 0 Å². The Kier molecular flexibility index (Phi) is 2.33. The van der Waals surface area contributed by atoms with Gasteiger partial charge in [-0.2, -0.15) is 0 Å². The minimum absolute atomic E-state index is 0.840. The fourth-order valence-corrected chi connectivity index (χ4v) is 2.29. The number of fused-ring (bicyclic) bond motifs is 1. The smallest absolute Gasteiger partial charge is 0.0642 e. The molecule has 1 aliphatic rings. The Bertz CT molecular complexity index is 498. The van der Waals surface area contributed by atoms with Crippen LogP contribution >= 0.6 is 0 Å². The molecule has 1 aromatic heterocycles. The molecule has 1 aliphatic heterocycles. The number of nitrogens with zero attached hydrogens (tertiary/aromatic N) is 2. The maximum absolute atomic E-state index is 5.37. The molecular formula is C13H16N2O. The van der Waals surface area contributed by atoms with E-state index in [9.17, 15) is 0 Å². The Morgan fingerprint density at radius 1 is 1.12 bits per heavy atom. The average Bonchev–Trinajstić information content (AvgIpc) is 2.72. The third kappa shape index (κ3) is 1.57. The van der Waals surface area contributed by atoms with Crippen LogP contribution in [0.4, 0.5) is 5.69 Å². The zero-order valence-electron chi connectivity index (χ0n) is 9.52. The van der Waals surface area contributed by atoms with E-state index in [1.54, 1.807) is 0 Å². The van der Waals surface area contributed by atoms with Crippen LogP contribution in [0.5, 0.6) is 0 Å². The lowest BCUT2D eigenvalue weighted by atomic mass is 10.2. The van der Waals surface area contributed by atoms with Gasteiger partial charge in [-0.1, -0.05) is 0 Å². The number of aryl methyl sites for hydroxylation is 1. The van der Waals surface area contributed by atoms with Gasteiger partial charge in [-0.3, -0.25) is 0 Å². The third-order valence-corrected chi connectivity index (χ3v) is 3.25. The fourth-order valence-electron chi connectivity index (χ4n) is 2.29. The molecule has 1 fully saturated rings. The van der Waals surface area contributed by atoms with Crippen LogP contribution in [-0.2, 0) is 11.8 Å². The van der Waals surface area contributed by atoms with Gasteiger partial charge >= 0.3 is 0 Å². The van der Waals surface area contributed by atoms with Crippen molar-refractivity contribution in [3.05, 3.63) is 30.5 Å². The number of hydrogen-bond donors (Lipinski definition) is 0. The van der Waals surface area contributed by atoms with Crippen molar-refractivity contribution in [1.82, 2.24) is 4.57 Å². The van der Waals surface area contributed by atoms with Crippen LogP contribution in [0.25, 0.3) is 10.9 Å². The second kappa shape index (κ2) is 3.83. The van der Waals surface area contributed by atoms with E-state index < -0.39 is 0 Å². The summed E-state index contributed by atoms with van der Waals surface area (Å²) >= 11 is 0. The number of rotatable bonds is 1. The lowest BCUT2D eigenvalue weighted by Gasteiger charge is -2.28. The summed E-state index contributed by atoms with van der Waals surface area (Å²) in [5.74, 6) is 0. The first-order chi connectivity index (χ1) is 7.84. The molecule has 84 valence electrons. The number of ether oxygens (including phenoxy) is 1. The highest BCUT2D eigenvalue weighted by atomic mass is 16.5. The van der Waals surface area contributed by atoms with Crippen LogP contribution in [0.1, 0.15) is 0 Å². The van der Waals surface area contributed by atoms with Crippen molar-refractivity contribution >= 4 is 16.6 Å². The van der Waals surface area contributed by atoms with Gasteiger partial charge in [0.15, 0.2) is 0 Å². The first-order valence-electron chi connectivity index (χ1n) is 5.72. The topological polar surface area (TPSA) is 17.4 Å². The molecule has 0 N–H and O–H groups in total. The van der Waals surface area contributed by atoms with Gasteiger partial charge in [-0.05, 0) is 24.3 Å². The molecule has 16 heavy (non-hydrogen) atoms. The third-order valence-electron chi connectivity index (χ3n) is 3.25. The number of benzene rings is 1. The van der Waals surface area contributed by atoms with E-state index in [1.807, 2.05) is 0 Å². The molecule has 3 heteroatoms. The van der Waals surface area contributed by atoms with Gasteiger partial charge in [-0.25, -0.2) is 0 Å².